The van der Waals surface area contributed by atoms with Gasteiger partial charge in [-0.2, -0.15) is 0 Å². The Morgan fingerprint density at radius 3 is 2.59 bits per heavy atom. The van der Waals surface area contributed by atoms with Crippen molar-refractivity contribution in [3.05, 3.63) is 82.1 Å². The van der Waals surface area contributed by atoms with Crippen molar-refractivity contribution >= 4 is 50.2 Å². The van der Waals surface area contributed by atoms with E-state index in [1.807, 2.05) is 60.8 Å². The predicted octanol–water partition coefficient (Wildman–Crippen LogP) is 4.26. The first-order chi connectivity index (χ1) is 19.0. The summed E-state index contributed by atoms with van der Waals surface area (Å²) in [6, 6.07) is 19.4. The van der Waals surface area contributed by atoms with Crippen molar-refractivity contribution in [2.45, 2.75) is 25.3 Å². The Bertz CT molecular complexity index is 1800. The van der Waals surface area contributed by atoms with Gasteiger partial charge in [0.15, 0.2) is 0 Å². The summed E-state index contributed by atoms with van der Waals surface area (Å²) < 4.78 is 8.99. The Morgan fingerprint density at radius 2 is 1.82 bits per heavy atom. The van der Waals surface area contributed by atoms with Crippen molar-refractivity contribution in [1.29, 1.82) is 0 Å². The number of aromatic nitrogens is 3. The van der Waals surface area contributed by atoms with Crippen LogP contribution < -0.4 is 16.2 Å². The molecular formula is C29H25N5O4S. The quantitative estimate of drug-likeness (QED) is 0.335. The lowest BCUT2D eigenvalue weighted by Gasteiger charge is -2.12. The molecule has 10 heteroatoms. The van der Waals surface area contributed by atoms with Gasteiger partial charge >= 0.3 is 0 Å². The zero-order chi connectivity index (χ0) is 26.5. The van der Waals surface area contributed by atoms with Crippen LogP contribution in [0.5, 0.6) is 0 Å². The fraction of sp³-hybridized carbons (Fsp3) is 0.241. The molecule has 7 rings (SSSR count). The van der Waals surface area contributed by atoms with Crippen LogP contribution in [0.15, 0.2) is 71.7 Å². The molecule has 3 aromatic heterocycles. The molecule has 2 aliphatic rings. The van der Waals surface area contributed by atoms with Gasteiger partial charge in [0.1, 0.15) is 4.83 Å². The molecule has 2 aromatic carbocycles. The third kappa shape index (κ3) is 4.41. The van der Waals surface area contributed by atoms with E-state index in [1.54, 1.807) is 10.6 Å². The standard InChI is InChI=1S/C29H25N5O4S/c35-26(18-6-7-18)31-25-29(37)34(23-15-24(39-28(23)32-25)27(36)30-19-11-13-38-16-19)21-9-8-17-10-12-33(22(17)14-21)20-4-2-1-3-5-20/h1-5,8-10,12,14-15,18-19H,6-7,11,13,16H2,(H,30,36)(H,31,32,35)/t19-/m1/s1. The minimum atomic E-state index is -0.442. The van der Waals surface area contributed by atoms with Crippen LogP contribution in [-0.2, 0) is 9.53 Å². The van der Waals surface area contributed by atoms with Crippen molar-refractivity contribution in [2.75, 3.05) is 18.5 Å². The lowest BCUT2D eigenvalue weighted by molar-refractivity contribution is -0.117. The molecule has 1 aliphatic heterocycles. The number of hydrogen-bond donors (Lipinski definition) is 2. The van der Waals surface area contributed by atoms with Gasteiger partial charge in [0.2, 0.25) is 11.7 Å². The molecule has 0 bridgehead atoms. The zero-order valence-corrected chi connectivity index (χ0v) is 21.7. The van der Waals surface area contributed by atoms with Gasteiger partial charge < -0.3 is 19.9 Å². The normalized spacial score (nSPS) is 17.1. The molecule has 5 aromatic rings. The SMILES string of the molecule is O=C(N[C@@H]1CCOC1)c1cc2c(nc(NC(=O)C3CC3)c(=O)n2-c2ccc3ccn(-c4ccccc4)c3c2)s1. The Balaban J connectivity index is 1.37. The maximum atomic E-state index is 13.8. The first kappa shape index (κ1) is 23.8. The van der Waals surface area contributed by atoms with E-state index in [-0.39, 0.29) is 29.6 Å². The van der Waals surface area contributed by atoms with Gasteiger partial charge in [0, 0.05) is 29.8 Å². The summed E-state index contributed by atoms with van der Waals surface area (Å²) in [5, 5.41) is 6.77. The second-order valence-electron chi connectivity index (χ2n) is 9.96. The number of thiophene rings is 1. The van der Waals surface area contributed by atoms with E-state index in [0.717, 1.165) is 35.9 Å². The van der Waals surface area contributed by atoms with E-state index in [9.17, 15) is 14.4 Å². The number of hydrogen-bond acceptors (Lipinski definition) is 6. The average Bonchev–Trinajstić information content (AvgIpc) is 3.30. The van der Waals surface area contributed by atoms with Crippen LogP contribution in [0, 0.1) is 5.92 Å². The van der Waals surface area contributed by atoms with Gasteiger partial charge in [-0.3, -0.25) is 19.0 Å². The number of carbonyl (C=O) groups excluding carboxylic acids is 2. The maximum absolute atomic E-state index is 13.8. The minimum absolute atomic E-state index is 0.0315. The van der Waals surface area contributed by atoms with Crippen molar-refractivity contribution in [2.24, 2.45) is 5.92 Å². The van der Waals surface area contributed by atoms with E-state index in [1.165, 1.54) is 11.3 Å². The third-order valence-electron chi connectivity index (χ3n) is 7.20. The monoisotopic (exact) mass is 539 g/mol. The smallest absolute Gasteiger partial charge is 0.298 e. The fourth-order valence-corrected chi connectivity index (χ4v) is 5.89. The van der Waals surface area contributed by atoms with E-state index >= 15 is 0 Å². The van der Waals surface area contributed by atoms with Gasteiger partial charge in [-0.05, 0) is 55.7 Å². The summed E-state index contributed by atoms with van der Waals surface area (Å²) >= 11 is 1.20. The van der Waals surface area contributed by atoms with E-state index < -0.39 is 5.56 Å². The number of para-hydroxylation sites is 1. The van der Waals surface area contributed by atoms with Crippen molar-refractivity contribution in [3.8, 4) is 11.4 Å². The molecule has 0 spiro atoms. The maximum Gasteiger partial charge on any atom is 0.298 e. The Hall–Kier alpha value is -4.28. The fourth-order valence-electron chi connectivity index (χ4n) is 4.97. The summed E-state index contributed by atoms with van der Waals surface area (Å²) in [6.07, 6.45) is 4.38. The van der Waals surface area contributed by atoms with Crippen molar-refractivity contribution in [3.63, 3.8) is 0 Å². The molecule has 9 nitrogen and oxygen atoms in total. The Kier molecular flexibility index (Phi) is 5.79. The molecule has 0 radical (unpaired) electrons. The highest BCUT2D eigenvalue weighted by molar-refractivity contribution is 7.20. The molecular weight excluding hydrogens is 514 g/mol. The molecule has 1 atom stereocenters. The summed E-state index contributed by atoms with van der Waals surface area (Å²) in [5.41, 5.74) is 2.61. The highest BCUT2D eigenvalue weighted by Gasteiger charge is 2.31. The number of fused-ring (bicyclic) bond motifs is 2. The largest absolute Gasteiger partial charge is 0.379 e. The van der Waals surface area contributed by atoms with Crippen LogP contribution in [0.25, 0.3) is 32.6 Å². The van der Waals surface area contributed by atoms with Gasteiger partial charge in [-0.1, -0.05) is 24.3 Å². The lowest BCUT2D eigenvalue weighted by Crippen LogP contribution is -2.34. The molecule has 2 amide bonds. The summed E-state index contributed by atoms with van der Waals surface area (Å²) in [7, 11) is 0. The number of nitrogens with zero attached hydrogens (tertiary/aromatic N) is 3. The zero-order valence-electron chi connectivity index (χ0n) is 20.9. The molecule has 2 fully saturated rings. The first-order valence-corrected chi connectivity index (χ1v) is 13.8. The summed E-state index contributed by atoms with van der Waals surface area (Å²) in [6.45, 7) is 1.10. The van der Waals surface area contributed by atoms with Crippen molar-refractivity contribution in [1.82, 2.24) is 19.4 Å². The Morgan fingerprint density at radius 1 is 0.974 bits per heavy atom. The van der Waals surface area contributed by atoms with Crippen LogP contribution in [0.4, 0.5) is 5.82 Å². The summed E-state index contributed by atoms with van der Waals surface area (Å²) in [5.74, 6) is -0.547. The number of rotatable bonds is 6. The number of carbonyl (C=O) groups is 2. The van der Waals surface area contributed by atoms with Gasteiger partial charge in [0.25, 0.3) is 11.5 Å². The van der Waals surface area contributed by atoms with E-state index in [2.05, 4.69) is 20.2 Å². The number of nitrogens with one attached hydrogen (secondary N) is 2. The number of amides is 2. The van der Waals surface area contributed by atoms with Crippen LogP contribution in [0.3, 0.4) is 0 Å². The molecule has 0 unspecified atom stereocenters. The molecule has 1 aliphatic carbocycles. The lowest BCUT2D eigenvalue weighted by atomic mass is 10.2. The highest BCUT2D eigenvalue weighted by atomic mass is 32.1. The average molecular weight is 540 g/mol. The van der Waals surface area contributed by atoms with Crippen molar-refractivity contribution < 1.29 is 14.3 Å². The second kappa shape index (κ2) is 9.48. The van der Waals surface area contributed by atoms with Gasteiger partial charge in [-0.25, -0.2) is 4.98 Å². The number of benzene rings is 2. The predicted molar refractivity (Wildman–Crippen MR) is 150 cm³/mol. The van der Waals surface area contributed by atoms with E-state index in [4.69, 9.17) is 4.74 Å². The Labute approximate surface area is 227 Å². The number of ether oxygens (including phenoxy) is 1. The van der Waals surface area contributed by atoms with Crippen LogP contribution in [-0.4, -0.2) is 45.2 Å². The number of anilines is 1. The molecule has 1 saturated heterocycles. The molecule has 2 N–H and O–H groups in total. The molecule has 196 valence electrons. The van der Waals surface area contributed by atoms with Crippen LogP contribution in [0.2, 0.25) is 0 Å². The third-order valence-corrected chi connectivity index (χ3v) is 8.22. The minimum Gasteiger partial charge on any atom is -0.379 e. The molecule has 4 heterocycles. The molecule has 1 saturated carbocycles. The molecule has 39 heavy (non-hydrogen) atoms. The van der Waals surface area contributed by atoms with E-state index in [0.29, 0.717) is 34.1 Å². The van der Waals surface area contributed by atoms with Gasteiger partial charge in [-0.15, -0.1) is 11.3 Å². The first-order valence-electron chi connectivity index (χ1n) is 13.0. The topological polar surface area (TPSA) is 107 Å². The van der Waals surface area contributed by atoms with Crippen LogP contribution in [0.1, 0.15) is 28.9 Å². The van der Waals surface area contributed by atoms with Crippen LogP contribution >= 0.6 is 11.3 Å². The summed E-state index contributed by atoms with van der Waals surface area (Å²) in [4.78, 5) is 44.9. The second-order valence-corrected chi connectivity index (χ2v) is 11.0. The van der Waals surface area contributed by atoms with Gasteiger partial charge in [0.05, 0.1) is 34.2 Å². The highest BCUT2D eigenvalue weighted by Crippen LogP contribution is 2.31.